The van der Waals surface area contributed by atoms with E-state index in [4.69, 9.17) is 21.0 Å². The first kappa shape index (κ1) is 24.4. The summed E-state index contributed by atoms with van der Waals surface area (Å²) in [5.74, 6) is 2.72. The molecule has 0 atom stereocenters. The summed E-state index contributed by atoms with van der Waals surface area (Å²) in [5.41, 5.74) is 0. The Labute approximate surface area is 199 Å². The van der Waals surface area contributed by atoms with Gasteiger partial charge >= 0.3 is 0 Å². The van der Waals surface area contributed by atoms with Crippen molar-refractivity contribution in [1.29, 1.82) is 0 Å². The summed E-state index contributed by atoms with van der Waals surface area (Å²) in [6, 6.07) is 12.1. The Morgan fingerprint density at radius 1 is 1.17 bits per heavy atom. The van der Waals surface area contributed by atoms with Gasteiger partial charge in [-0.2, -0.15) is 0 Å². The van der Waals surface area contributed by atoms with E-state index in [0.29, 0.717) is 12.6 Å². The zero-order valence-electron chi connectivity index (χ0n) is 16.4. The Balaban J connectivity index is 0.00000300. The average molecular weight is 550 g/mol. The van der Waals surface area contributed by atoms with Gasteiger partial charge in [-0.05, 0) is 62.1 Å². The number of aliphatic hydroxyl groups excluding tert-OH is 1. The van der Waals surface area contributed by atoms with Crippen LogP contribution < -0.4 is 10.6 Å². The van der Waals surface area contributed by atoms with Crippen LogP contribution in [0.5, 0.6) is 0 Å². The number of benzene rings is 1. The molecule has 1 fully saturated rings. The first-order chi connectivity index (χ1) is 13.7. The minimum atomic E-state index is -0.152. The van der Waals surface area contributed by atoms with Crippen LogP contribution in [0.15, 0.2) is 57.0 Å². The fraction of sp³-hybridized carbons (Fsp3) is 0.476. The number of guanidine groups is 1. The van der Waals surface area contributed by atoms with E-state index in [0.717, 1.165) is 61.1 Å². The third kappa shape index (κ3) is 9.19. The van der Waals surface area contributed by atoms with Crippen LogP contribution in [0.3, 0.4) is 0 Å². The first-order valence-electron chi connectivity index (χ1n) is 9.83. The van der Waals surface area contributed by atoms with Gasteiger partial charge in [-0.1, -0.05) is 11.6 Å². The molecule has 8 heteroatoms. The standard InChI is InChI=1S/C21H28ClN3O2S.HI/c22-16-3-9-20(10-4-16)28-15-13-24-21(23-12-11-19-2-1-14-27-19)25-17-5-7-18(26)8-6-17;/h1-4,9-10,14,17-18,26H,5-8,11-13,15H2,(H2,23,24,25);1H. The number of nitrogens with zero attached hydrogens (tertiary/aromatic N) is 1. The smallest absolute Gasteiger partial charge is 0.191 e. The van der Waals surface area contributed by atoms with E-state index in [1.165, 1.54) is 4.90 Å². The van der Waals surface area contributed by atoms with Gasteiger partial charge < -0.3 is 20.2 Å². The molecule has 3 rings (SSSR count). The Morgan fingerprint density at radius 3 is 2.62 bits per heavy atom. The Bertz CT molecular complexity index is 720. The molecule has 0 radical (unpaired) electrons. The predicted molar refractivity (Wildman–Crippen MR) is 132 cm³/mol. The van der Waals surface area contributed by atoms with Crippen molar-refractivity contribution in [2.45, 2.75) is 49.1 Å². The minimum absolute atomic E-state index is 0. The van der Waals surface area contributed by atoms with Gasteiger partial charge in [0.25, 0.3) is 0 Å². The van der Waals surface area contributed by atoms with Crippen LogP contribution in [0.4, 0.5) is 0 Å². The molecule has 3 N–H and O–H groups in total. The highest BCUT2D eigenvalue weighted by Gasteiger charge is 2.20. The maximum atomic E-state index is 9.71. The number of aliphatic imine (C=N–C) groups is 1. The summed E-state index contributed by atoms with van der Waals surface area (Å²) < 4.78 is 5.38. The van der Waals surface area contributed by atoms with Gasteiger partial charge in [-0.25, -0.2) is 0 Å². The lowest BCUT2D eigenvalue weighted by atomic mass is 9.93. The summed E-state index contributed by atoms with van der Waals surface area (Å²) >= 11 is 7.72. The van der Waals surface area contributed by atoms with Gasteiger partial charge in [0, 0.05) is 41.2 Å². The predicted octanol–water partition coefficient (Wildman–Crippen LogP) is 4.72. The lowest BCUT2D eigenvalue weighted by Crippen LogP contribution is -2.46. The Kier molecular flexibility index (Phi) is 11.3. The summed E-state index contributed by atoms with van der Waals surface area (Å²) in [4.78, 5) is 5.92. The van der Waals surface area contributed by atoms with Crippen molar-refractivity contribution < 1.29 is 9.52 Å². The van der Waals surface area contributed by atoms with Gasteiger partial charge in [0.15, 0.2) is 5.96 Å². The molecule has 1 heterocycles. The van der Waals surface area contributed by atoms with Crippen LogP contribution in [0.1, 0.15) is 31.4 Å². The number of aliphatic hydroxyl groups is 1. The van der Waals surface area contributed by atoms with Crippen molar-refractivity contribution >= 4 is 53.3 Å². The molecule has 0 amide bonds. The monoisotopic (exact) mass is 549 g/mol. The molecule has 1 aliphatic carbocycles. The van der Waals surface area contributed by atoms with Crippen molar-refractivity contribution in [3.8, 4) is 0 Å². The Morgan fingerprint density at radius 2 is 1.93 bits per heavy atom. The van der Waals surface area contributed by atoms with Crippen LogP contribution in [0, 0.1) is 0 Å². The number of hydrogen-bond acceptors (Lipinski definition) is 4. The second kappa shape index (κ2) is 13.4. The van der Waals surface area contributed by atoms with E-state index in [1.54, 1.807) is 18.0 Å². The van der Waals surface area contributed by atoms with E-state index < -0.39 is 0 Å². The van der Waals surface area contributed by atoms with E-state index >= 15 is 0 Å². The average Bonchev–Trinajstić information content (AvgIpc) is 3.21. The van der Waals surface area contributed by atoms with Crippen LogP contribution >= 0.6 is 47.3 Å². The van der Waals surface area contributed by atoms with Gasteiger partial charge in [0.1, 0.15) is 5.76 Å². The minimum Gasteiger partial charge on any atom is -0.469 e. The number of hydrogen-bond donors (Lipinski definition) is 3. The highest BCUT2D eigenvalue weighted by Crippen LogP contribution is 2.20. The molecule has 1 aliphatic rings. The zero-order chi connectivity index (χ0) is 19.6. The van der Waals surface area contributed by atoms with Crippen molar-refractivity contribution in [1.82, 2.24) is 10.6 Å². The normalized spacial score (nSPS) is 19.4. The molecule has 1 aromatic carbocycles. The zero-order valence-corrected chi connectivity index (χ0v) is 20.3. The highest BCUT2D eigenvalue weighted by molar-refractivity contribution is 14.0. The molecule has 2 aromatic rings. The van der Waals surface area contributed by atoms with E-state index in [9.17, 15) is 5.11 Å². The molecule has 160 valence electrons. The molecule has 0 bridgehead atoms. The van der Waals surface area contributed by atoms with E-state index in [2.05, 4.69) is 10.6 Å². The van der Waals surface area contributed by atoms with Gasteiger partial charge in [-0.15, -0.1) is 35.7 Å². The quantitative estimate of drug-likeness (QED) is 0.146. The summed E-state index contributed by atoms with van der Waals surface area (Å²) in [7, 11) is 0. The van der Waals surface area contributed by atoms with Gasteiger partial charge in [0.2, 0.25) is 0 Å². The lowest BCUT2D eigenvalue weighted by Gasteiger charge is -2.27. The molecular formula is C21H29ClIN3O2S. The molecule has 1 aromatic heterocycles. The lowest BCUT2D eigenvalue weighted by molar-refractivity contribution is 0.120. The molecule has 1 saturated carbocycles. The molecule has 0 saturated heterocycles. The van der Waals surface area contributed by atoms with Crippen LogP contribution in [-0.4, -0.2) is 42.1 Å². The van der Waals surface area contributed by atoms with Crippen LogP contribution in [0.25, 0.3) is 0 Å². The number of halogens is 2. The summed E-state index contributed by atoms with van der Waals surface area (Å²) in [6.45, 7) is 1.48. The van der Waals surface area contributed by atoms with Crippen molar-refractivity contribution in [3.63, 3.8) is 0 Å². The van der Waals surface area contributed by atoms with Gasteiger partial charge in [0.05, 0.1) is 12.4 Å². The number of thioether (sulfide) groups is 1. The largest absolute Gasteiger partial charge is 0.469 e. The molecule has 0 unspecified atom stereocenters. The number of nitrogens with one attached hydrogen (secondary N) is 2. The molecule has 29 heavy (non-hydrogen) atoms. The van der Waals surface area contributed by atoms with Crippen molar-refractivity contribution in [2.75, 3.05) is 18.8 Å². The van der Waals surface area contributed by atoms with Gasteiger partial charge in [-0.3, -0.25) is 4.99 Å². The van der Waals surface area contributed by atoms with Crippen LogP contribution in [0.2, 0.25) is 5.02 Å². The fourth-order valence-electron chi connectivity index (χ4n) is 3.17. The van der Waals surface area contributed by atoms with E-state index in [-0.39, 0.29) is 30.1 Å². The summed E-state index contributed by atoms with van der Waals surface area (Å²) in [6.07, 6.45) is 5.97. The molecular weight excluding hydrogens is 521 g/mol. The van der Waals surface area contributed by atoms with Crippen molar-refractivity contribution in [3.05, 3.63) is 53.4 Å². The SMILES string of the molecule is I.OC1CCC(NC(=NCCc2ccco2)NCCSc2ccc(Cl)cc2)CC1. The second-order valence-corrected chi connectivity index (χ2v) is 8.54. The topological polar surface area (TPSA) is 69.8 Å². The third-order valence-electron chi connectivity index (χ3n) is 4.72. The molecule has 0 spiro atoms. The first-order valence-corrected chi connectivity index (χ1v) is 11.2. The maximum absolute atomic E-state index is 9.71. The van der Waals surface area contributed by atoms with Crippen LogP contribution in [-0.2, 0) is 6.42 Å². The van der Waals surface area contributed by atoms with E-state index in [1.807, 2.05) is 36.4 Å². The maximum Gasteiger partial charge on any atom is 0.191 e. The number of rotatable bonds is 8. The molecule has 5 nitrogen and oxygen atoms in total. The second-order valence-electron chi connectivity index (χ2n) is 6.94. The number of furan rings is 1. The molecule has 0 aliphatic heterocycles. The summed E-state index contributed by atoms with van der Waals surface area (Å²) in [5, 5.41) is 17.4. The highest BCUT2D eigenvalue weighted by atomic mass is 127. The Hall–Kier alpha value is -0.900. The third-order valence-corrected chi connectivity index (χ3v) is 5.99. The fourth-order valence-corrected chi connectivity index (χ4v) is 4.06. The van der Waals surface area contributed by atoms with Crippen molar-refractivity contribution in [2.24, 2.45) is 4.99 Å².